The number of benzene rings is 1. The summed E-state index contributed by atoms with van der Waals surface area (Å²) < 4.78 is 18.6. The summed E-state index contributed by atoms with van der Waals surface area (Å²) in [5.41, 5.74) is 0.831. The zero-order valence-corrected chi connectivity index (χ0v) is 12.5. The maximum Gasteiger partial charge on any atom is 0.238 e. The molecule has 0 N–H and O–H groups in total. The molecule has 5 nitrogen and oxygen atoms in total. The number of amides is 1. The minimum Gasteiger partial charge on any atom is -0.423 e. The molecule has 1 aromatic heterocycles. The molecule has 1 atom stereocenters. The predicted octanol–water partition coefficient (Wildman–Crippen LogP) is 2.81. The fraction of sp³-hybridized carbons (Fsp3) is 0.438. The zero-order chi connectivity index (χ0) is 15.5. The second kappa shape index (κ2) is 6.25. The van der Waals surface area contributed by atoms with Crippen LogP contribution >= 0.6 is 0 Å². The molecule has 1 saturated heterocycles. The van der Waals surface area contributed by atoms with E-state index >= 15 is 0 Å². The topological polar surface area (TPSA) is 59.2 Å². The van der Waals surface area contributed by atoms with Crippen LogP contribution in [0.15, 0.2) is 28.7 Å². The second-order valence-corrected chi connectivity index (χ2v) is 5.53. The van der Waals surface area contributed by atoms with E-state index in [9.17, 15) is 9.18 Å². The Hall–Kier alpha value is -2.24. The lowest BCUT2D eigenvalue weighted by molar-refractivity contribution is -0.132. The molecule has 2 aromatic rings. The van der Waals surface area contributed by atoms with E-state index in [2.05, 4.69) is 10.2 Å². The largest absolute Gasteiger partial charge is 0.423 e. The minimum absolute atomic E-state index is 0.0441. The number of aryl methyl sites for hydroxylation is 2. The number of halogens is 1. The van der Waals surface area contributed by atoms with Crippen molar-refractivity contribution in [3.8, 4) is 0 Å². The number of carbonyl (C=O) groups excluding carboxylic acids is 1. The van der Waals surface area contributed by atoms with Gasteiger partial charge in [-0.05, 0) is 37.0 Å². The molecule has 0 aliphatic carbocycles. The first-order chi connectivity index (χ1) is 10.6. The standard InChI is InChI=1S/C16H18FN3O2/c1-11-18-19-16(22-11)14-6-3-9-20(14)15(21)8-7-12-4-2-5-13(17)10-12/h2,4-5,10,14H,3,6-9H2,1H3/t14-/m0/s1. The molecule has 2 heterocycles. The Bertz CT molecular complexity index is 671. The Kier molecular flexibility index (Phi) is 4.18. The van der Waals surface area contributed by atoms with Crippen molar-refractivity contribution in [3.63, 3.8) is 0 Å². The third kappa shape index (κ3) is 3.16. The third-order valence-electron chi connectivity index (χ3n) is 3.92. The molecular weight excluding hydrogens is 285 g/mol. The summed E-state index contributed by atoms with van der Waals surface area (Å²) in [5.74, 6) is 0.788. The van der Waals surface area contributed by atoms with Crippen LogP contribution in [-0.2, 0) is 11.2 Å². The quantitative estimate of drug-likeness (QED) is 0.871. The van der Waals surface area contributed by atoms with Crippen molar-refractivity contribution in [1.82, 2.24) is 15.1 Å². The van der Waals surface area contributed by atoms with Crippen molar-refractivity contribution in [2.24, 2.45) is 0 Å². The molecule has 0 bridgehead atoms. The van der Waals surface area contributed by atoms with Crippen LogP contribution in [-0.4, -0.2) is 27.5 Å². The fourth-order valence-corrected chi connectivity index (χ4v) is 2.86. The Morgan fingerprint density at radius 3 is 3.05 bits per heavy atom. The molecular formula is C16H18FN3O2. The maximum atomic E-state index is 13.2. The van der Waals surface area contributed by atoms with Gasteiger partial charge in [-0.25, -0.2) is 4.39 Å². The van der Waals surface area contributed by atoms with Crippen LogP contribution in [0.4, 0.5) is 4.39 Å². The zero-order valence-electron chi connectivity index (χ0n) is 12.5. The van der Waals surface area contributed by atoms with Crippen molar-refractivity contribution in [2.45, 2.75) is 38.6 Å². The van der Waals surface area contributed by atoms with Gasteiger partial charge in [0.2, 0.25) is 17.7 Å². The lowest BCUT2D eigenvalue weighted by atomic mass is 10.1. The first-order valence-corrected chi connectivity index (χ1v) is 7.47. The van der Waals surface area contributed by atoms with E-state index in [0.717, 1.165) is 18.4 Å². The van der Waals surface area contributed by atoms with Gasteiger partial charge in [-0.1, -0.05) is 12.1 Å². The number of aromatic nitrogens is 2. The van der Waals surface area contributed by atoms with E-state index in [1.165, 1.54) is 12.1 Å². The average Bonchev–Trinajstić information content (AvgIpc) is 3.13. The molecule has 0 unspecified atom stereocenters. The molecule has 1 aliphatic heterocycles. The normalized spacial score (nSPS) is 17.9. The SMILES string of the molecule is Cc1nnc([C@@H]2CCCN2C(=O)CCc2cccc(F)c2)o1. The summed E-state index contributed by atoms with van der Waals surface area (Å²) >= 11 is 0. The number of carbonyl (C=O) groups is 1. The van der Waals surface area contributed by atoms with Crippen LogP contribution in [0.25, 0.3) is 0 Å². The summed E-state index contributed by atoms with van der Waals surface area (Å²) in [6.07, 6.45) is 2.65. The van der Waals surface area contributed by atoms with Gasteiger partial charge in [0, 0.05) is 19.9 Å². The molecule has 0 spiro atoms. The molecule has 1 aromatic carbocycles. The average molecular weight is 303 g/mol. The second-order valence-electron chi connectivity index (χ2n) is 5.53. The Morgan fingerprint density at radius 2 is 2.32 bits per heavy atom. The third-order valence-corrected chi connectivity index (χ3v) is 3.92. The lowest BCUT2D eigenvalue weighted by Crippen LogP contribution is -2.30. The first kappa shape index (κ1) is 14.7. The first-order valence-electron chi connectivity index (χ1n) is 7.47. The molecule has 0 saturated carbocycles. The number of likely N-dealkylation sites (tertiary alicyclic amines) is 1. The summed E-state index contributed by atoms with van der Waals surface area (Å²) in [6, 6.07) is 6.24. The van der Waals surface area contributed by atoms with Gasteiger partial charge in [-0.15, -0.1) is 10.2 Å². The van der Waals surface area contributed by atoms with Gasteiger partial charge in [-0.3, -0.25) is 4.79 Å². The van der Waals surface area contributed by atoms with E-state index < -0.39 is 0 Å². The minimum atomic E-state index is -0.273. The van der Waals surface area contributed by atoms with Gasteiger partial charge in [0.05, 0.1) is 0 Å². The van der Waals surface area contributed by atoms with E-state index in [1.54, 1.807) is 17.9 Å². The van der Waals surface area contributed by atoms with Crippen LogP contribution in [0.5, 0.6) is 0 Å². The van der Waals surface area contributed by atoms with Crippen molar-refractivity contribution in [2.75, 3.05) is 6.54 Å². The van der Waals surface area contributed by atoms with E-state index in [0.29, 0.717) is 31.2 Å². The number of hydrogen-bond acceptors (Lipinski definition) is 4. The maximum absolute atomic E-state index is 13.2. The molecule has 22 heavy (non-hydrogen) atoms. The van der Waals surface area contributed by atoms with Gasteiger partial charge in [0.15, 0.2) is 0 Å². The molecule has 1 aliphatic rings. The Balaban J connectivity index is 1.64. The lowest BCUT2D eigenvalue weighted by Gasteiger charge is -2.22. The van der Waals surface area contributed by atoms with Gasteiger partial charge in [0.25, 0.3) is 0 Å². The molecule has 116 valence electrons. The highest BCUT2D eigenvalue weighted by molar-refractivity contribution is 5.77. The summed E-state index contributed by atoms with van der Waals surface area (Å²) in [5, 5.41) is 7.86. The summed E-state index contributed by atoms with van der Waals surface area (Å²) in [6.45, 7) is 2.44. The van der Waals surface area contributed by atoms with Crippen LogP contribution in [0.1, 0.15) is 42.6 Å². The molecule has 0 radical (unpaired) electrons. The van der Waals surface area contributed by atoms with E-state index in [4.69, 9.17) is 4.42 Å². The number of hydrogen-bond donors (Lipinski definition) is 0. The van der Waals surface area contributed by atoms with Crippen LogP contribution in [0, 0.1) is 12.7 Å². The summed E-state index contributed by atoms with van der Waals surface area (Å²) in [4.78, 5) is 14.2. The Morgan fingerprint density at radius 1 is 1.45 bits per heavy atom. The van der Waals surface area contributed by atoms with Gasteiger partial charge < -0.3 is 9.32 Å². The molecule has 6 heteroatoms. The summed E-state index contributed by atoms with van der Waals surface area (Å²) in [7, 11) is 0. The fourth-order valence-electron chi connectivity index (χ4n) is 2.86. The smallest absolute Gasteiger partial charge is 0.238 e. The molecule has 3 rings (SSSR count). The monoisotopic (exact) mass is 303 g/mol. The Labute approximate surface area is 128 Å². The highest BCUT2D eigenvalue weighted by Gasteiger charge is 2.33. The van der Waals surface area contributed by atoms with Crippen molar-refractivity contribution >= 4 is 5.91 Å². The van der Waals surface area contributed by atoms with E-state index in [-0.39, 0.29) is 17.8 Å². The van der Waals surface area contributed by atoms with Crippen LogP contribution < -0.4 is 0 Å². The van der Waals surface area contributed by atoms with E-state index in [1.807, 2.05) is 6.07 Å². The van der Waals surface area contributed by atoms with Gasteiger partial charge in [0.1, 0.15) is 11.9 Å². The highest BCUT2D eigenvalue weighted by atomic mass is 19.1. The predicted molar refractivity (Wildman–Crippen MR) is 77.4 cm³/mol. The van der Waals surface area contributed by atoms with Crippen LogP contribution in [0.3, 0.4) is 0 Å². The van der Waals surface area contributed by atoms with Crippen molar-refractivity contribution in [3.05, 3.63) is 47.4 Å². The van der Waals surface area contributed by atoms with Crippen molar-refractivity contribution < 1.29 is 13.6 Å². The van der Waals surface area contributed by atoms with Crippen molar-refractivity contribution in [1.29, 1.82) is 0 Å². The van der Waals surface area contributed by atoms with Gasteiger partial charge >= 0.3 is 0 Å². The number of rotatable bonds is 4. The highest BCUT2D eigenvalue weighted by Crippen LogP contribution is 2.31. The number of nitrogens with zero attached hydrogens (tertiary/aromatic N) is 3. The van der Waals surface area contributed by atoms with Crippen LogP contribution in [0.2, 0.25) is 0 Å². The molecule has 1 amide bonds. The molecule has 1 fully saturated rings. The van der Waals surface area contributed by atoms with Gasteiger partial charge in [-0.2, -0.15) is 0 Å².